The van der Waals surface area contributed by atoms with Gasteiger partial charge in [-0.15, -0.1) is 11.3 Å². The first-order valence-corrected chi connectivity index (χ1v) is 10.3. The molecule has 1 spiro atoms. The Bertz CT molecular complexity index is 782. The van der Waals surface area contributed by atoms with E-state index in [2.05, 4.69) is 15.2 Å². The van der Waals surface area contributed by atoms with Crippen molar-refractivity contribution in [2.45, 2.75) is 51.5 Å². The molecule has 2 fully saturated rings. The van der Waals surface area contributed by atoms with Crippen LogP contribution in [0.5, 0.6) is 0 Å². The fourth-order valence-electron chi connectivity index (χ4n) is 4.35. The number of rotatable bonds is 5. The highest BCUT2D eigenvalue weighted by Crippen LogP contribution is 2.56. The fraction of sp³-hybridized carbons (Fsp3) is 0.550. The molecular weight excluding hydrogens is 371 g/mol. The second-order valence-corrected chi connectivity index (χ2v) is 8.78. The zero-order valence-corrected chi connectivity index (χ0v) is 16.2. The molecule has 2 aromatic rings. The minimum absolute atomic E-state index is 0.377. The Kier molecular flexibility index (Phi) is 5.03. The summed E-state index contributed by atoms with van der Waals surface area (Å²) in [6, 6.07) is 4.61. The summed E-state index contributed by atoms with van der Waals surface area (Å²) >= 11 is 1.64. The highest BCUT2D eigenvalue weighted by atomic mass is 32.1. The molecule has 1 saturated heterocycles. The third-order valence-corrected chi connectivity index (χ3v) is 6.82. The van der Waals surface area contributed by atoms with Gasteiger partial charge in [0.25, 0.3) is 0 Å². The van der Waals surface area contributed by atoms with Crippen LogP contribution in [0.3, 0.4) is 0 Å². The molecule has 1 atom stereocenters. The largest absolute Gasteiger partial charge is 0.416 e. The van der Waals surface area contributed by atoms with Gasteiger partial charge in [-0.25, -0.2) is 4.98 Å². The Labute approximate surface area is 161 Å². The fourth-order valence-corrected chi connectivity index (χ4v) is 4.99. The molecule has 1 aromatic heterocycles. The molecule has 0 bridgehead atoms. The van der Waals surface area contributed by atoms with Crippen LogP contribution in [-0.2, 0) is 19.3 Å². The lowest BCUT2D eigenvalue weighted by Gasteiger charge is -2.29. The van der Waals surface area contributed by atoms with Crippen LogP contribution in [0.2, 0.25) is 0 Å². The van der Waals surface area contributed by atoms with E-state index >= 15 is 0 Å². The lowest BCUT2D eigenvalue weighted by Crippen LogP contribution is -2.35. The van der Waals surface area contributed by atoms with Gasteiger partial charge in [-0.3, -0.25) is 4.90 Å². The van der Waals surface area contributed by atoms with Crippen LogP contribution in [0.15, 0.2) is 29.8 Å². The van der Waals surface area contributed by atoms with Crippen molar-refractivity contribution in [3.05, 3.63) is 51.5 Å². The third-order valence-electron chi connectivity index (χ3n) is 6.05. The van der Waals surface area contributed by atoms with Gasteiger partial charge in [-0.2, -0.15) is 13.2 Å². The molecule has 0 amide bonds. The number of nitrogens with zero attached hydrogens (tertiary/aromatic N) is 2. The molecule has 4 rings (SSSR count). The molecule has 3 nitrogen and oxygen atoms in total. The number of aryl methyl sites for hydroxylation is 1. The lowest BCUT2D eigenvalue weighted by atomic mass is 9.93. The Morgan fingerprint density at radius 2 is 2.04 bits per heavy atom. The topological polar surface area (TPSA) is 28.2 Å². The molecule has 1 aromatic carbocycles. The van der Waals surface area contributed by atoms with Gasteiger partial charge in [-0.1, -0.05) is 6.07 Å². The Balaban J connectivity index is 1.54. The van der Waals surface area contributed by atoms with Crippen LogP contribution in [-0.4, -0.2) is 29.0 Å². The van der Waals surface area contributed by atoms with E-state index in [0.29, 0.717) is 23.6 Å². The maximum absolute atomic E-state index is 13.0. The van der Waals surface area contributed by atoms with Gasteiger partial charge in [0.1, 0.15) is 5.01 Å². The van der Waals surface area contributed by atoms with Crippen LogP contribution in [0.25, 0.3) is 0 Å². The van der Waals surface area contributed by atoms with Crippen LogP contribution in [0.1, 0.15) is 41.0 Å². The number of alkyl halides is 3. The smallest absolute Gasteiger partial charge is 0.317 e. The predicted molar refractivity (Wildman–Crippen MR) is 100 cm³/mol. The maximum atomic E-state index is 13.0. The monoisotopic (exact) mass is 395 g/mol. The number of hydrogen-bond donors (Lipinski definition) is 1. The van der Waals surface area contributed by atoms with E-state index in [1.807, 2.05) is 11.6 Å². The molecule has 2 heterocycles. The minimum atomic E-state index is -4.29. The quantitative estimate of drug-likeness (QED) is 0.801. The van der Waals surface area contributed by atoms with Crippen molar-refractivity contribution in [1.29, 1.82) is 0 Å². The molecule has 1 aliphatic heterocycles. The van der Waals surface area contributed by atoms with Crippen molar-refractivity contribution >= 4 is 11.3 Å². The van der Waals surface area contributed by atoms with Crippen LogP contribution < -0.4 is 5.32 Å². The van der Waals surface area contributed by atoms with Gasteiger partial charge in [-0.05, 0) is 68.0 Å². The first-order chi connectivity index (χ1) is 12.9. The molecule has 1 N–H and O–H groups in total. The number of benzene rings is 1. The molecular formula is C20H24F3N3S. The van der Waals surface area contributed by atoms with Gasteiger partial charge < -0.3 is 5.32 Å². The van der Waals surface area contributed by atoms with Gasteiger partial charge >= 0.3 is 6.18 Å². The van der Waals surface area contributed by atoms with E-state index in [9.17, 15) is 13.2 Å². The van der Waals surface area contributed by atoms with Gasteiger partial charge in [0, 0.05) is 24.2 Å². The third kappa shape index (κ3) is 4.05. The molecule has 0 radical (unpaired) electrons. The van der Waals surface area contributed by atoms with E-state index in [4.69, 9.17) is 0 Å². The molecule has 1 unspecified atom stereocenters. The average Bonchev–Trinajstić information content (AvgIpc) is 3.06. The van der Waals surface area contributed by atoms with Crippen LogP contribution in [0, 0.1) is 12.3 Å². The van der Waals surface area contributed by atoms with E-state index in [1.54, 1.807) is 24.3 Å². The summed E-state index contributed by atoms with van der Waals surface area (Å²) in [7, 11) is 0. The Hall–Kier alpha value is -1.44. The molecule has 2 aliphatic rings. The zero-order valence-electron chi connectivity index (χ0n) is 15.4. The van der Waals surface area contributed by atoms with E-state index < -0.39 is 11.7 Å². The number of thiazole rings is 1. The van der Waals surface area contributed by atoms with Gasteiger partial charge in [0.2, 0.25) is 0 Å². The summed E-state index contributed by atoms with van der Waals surface area (Å²) < 4.78 is 38.9. The molecule has 7 heteroatoms. The Morgan fingerprint density at radius 3 is 2.67 bits per heavy atom. The summed E-state index contributed by atoms with van der Waals surface area (Å²) in [5, 5.41) is 6.47. The second-order valence-electron chi connectivity index (χ2n) is 7.80. The second kappa shape index (κ2) is 7.18. The molecule has 146 valence electrons. The van der Waals surface area contributed by atoms with Crippen LogP contribution >= 0.6 is 11.3 Å². The van der Waals surface area contributed by atoms with E-state index in [1.165, 1.54) is 31.4 Å². The number of aromatic nitrogens is 1. The molecule has 1 saturated carbocycles. The van der Waals surface area contributed by atoms with Crippen LogP contribution in [0.4, 0.5) is 13.2 Å². The summed E-state index contributed by atoms with van der Waals surface area (Å²) in [5.41, 5.74) is 1.48. The summed E-state index contributed by atoms with van der Waals surface area (Å²) in [6.07, 6.45) is 1.06. The summed E-state index contributed by atoms with van der Waals surface area (Å²) in [6.45, 7) is 5.32. The number of hydrogen-bond acceptors (Lipinski definition) is 4. The SMILES string of the molecule is Cc1cc(C(F)(F)F)ccc1CN(Cc1nccs1)C1CC12CCNCC2. The summed E-state index contributed by atoms with van der Waals surface area (Å²) in [4.78, 5) is 6.86. The van der Waals surface area contributed by atoms with Gasteiger partial charge in [0.05, 0.1) is 12.1 Å². The Morgan fingerprint density at radius 1 is 1.26 bits per heavy atom. The van der Waals surface area contributed by atoms with Crippen molar-refractivity contribution in [2.75, 3.05) is 13.1 Å². The van der Waals surface area contributed by atoms with Gasteiger partial charge in [0.15, 0.2) is 0 Å². The lowest BCUT2D eigenvalue weighted by molar-refractivity contribution is -0.137. The van der Waals surface area contributed by atoms with Crippen molar-refractivity contribution in [3.8, 4) is 0 Å². The van der Waals surface area contributed by atoms with Crippen molar-refractivity contribution in [3.63, 3.8) is 0 Å². The van der Waals surface area contributed by atoms with Crippen molar-refractivity contribution in [2.24, 2.45) is 5.41 Å². The average molecular weight is 395 g/mol. The molecule has 27 heavy (non-hydrogen) atoms. The van der Waals surface area contributed by atoms with Crippen molar-refractivity contribution < 1.29 is 13.2 Å². The van der Waals surface area contributed by atoms with Crippen molar-refractivity contribution in [1.82, 2.24) is 15.2 Å². The highest BCUT2D eigenvalue weighted by Gasteiger charge is 2.56. The number of piperidine rings is 1. The first-order valence-electron chi connectivity index (χ1n) is 9.37. The zero-order chi connectivity index (χ0) is 19.1. The predicted octanol–water partition coefficient (Wildman–Crippen LogP) is 4.61. The normalized spacial score (nSPS) is 21.7. The maximum Gasteiger partial charge on any atom is 0.416 e. The minimum Gasteiger partial charge on any atom is -0.317 e. The summed E-state index contributed by atoms with van der Waals surface area (Å²) in [5.74, 6) is 0. The first kappa shape index (κ1) is 18.9. The van der Waals surface area contributed by atoms with E-state index in [-0.39, 0.29) is 0 Å². The number of nitrogens with one attached hydrogen (secondary N) is 1. The molecule has 1 aliphatic carbocycles. The number of halogens is 3. The standard InChI is InChI=1S/C20H24F3N3S/c1-14-10-16(20(21,22)23)3-2-15(14)12-26(13-18-25-8-9-27-18)17-11-19(17)4-6-24-7-5-19/h2-3,8-10,17,24H,4-7,11-13H2,1H3. The van der Waals surface area contributed by atoms with E-state index in [0.717, 1.165) is 30.2 Å². The highest BCUT2D eigenvalue weighted by molar-refractivity contribution is 7.09.